The summed E-state index contributed by atoms with van der Waals surface area (Å²) in [5.41, 5.74) is 4.62. The molecule has 0 atom stereocenters. The number of hydrogen-bond donors (Lipinski definition) is 2. The van der Waals surface area contributed by atoms with E-state index in [2.05, 4.69) is 39.9 Å². The van der Waals surface area contributed by atoms with Crippen molar-refractivity contribution in [2.75, 3.05) is 5.32 Å². The van der Waals surface area contributed by atoms with Gasteiger partial charge in [-0.2, -0.15) is 4.37 Å². The molecule has 5 aromatic rings. The monoisotopic (exact) mass is 494 g/mol. The van der Waals surface area contributed by atoms with Crippen LogP contribution in [0.3, 0.4) is 0 Å². The Hall–Kier alpha value is -4.57. The third kappa shape index (κ3) is 5.56. The number of nitrogens with one attached hydrogen (secondary N) is 2. The molecule has 0 radical (unpaired) electrons. The van der Waals surface area contributed by atoms with Gasteiger partial charge < -0.3 is 10.6 Å². The van der Waals surface area contributed by atoms with Crippen LogP contribution in [-0.2, 0) is 6.54 Å². The maximum Gasteiger partial charge on any atom is 0.270 e. The molecule has 0 unspecified atom stereocenters. The normalized spacial score (nSPS) is 10.7. The first-order valence-corrected chi connectivity index (χ1v) is 12.0. The molecule has 178 valence electrons. The van der Waals surface area contributed by atoms with E-state index >= 15 is 0 Å². The van der Waals surface area contributed by atoms with E-state index in [1.807, 2.05) is 62.4 Å². The number of aryl methyl sites for hydroxylation is 2. The summed E-state index contributed by atoms with van der Waals surface area (Å²) in [6.07, 6.45) is 3.36. The van der Waals surface area contributed by atoms with E-state index in [4.69, 9.17) is 0 Å². The first kappa shape index (κ1) is 23.2. The third-order valence-corrected chi connectivity index (χ3v) is 5.84. The predicted octanol–water partition coefficient (Wildman–Crippen LogP) is 4.74. The molecule has 0 aliphatic heterocycles. The molecule has 1 amide bonds. The average Bonchev–Trinajstić information content (AvgIpc) is 3.32. The fourth-order valence-electron chi connectivity index (χ4n) is 3.47. The highest BCUT2D eigenvalue weighted by Crippen LogP contribution is 2.20. The topological polar surface area (TPSA) is 118 Å². The van der Waals surface area contributed by atoms with Gasteiger partial charge in [0.2, 0.25) is 5.95 Å². The average molecular weight is 495 g/mol. The van der Waals surface area contributed by atoms with Crippen LogP contribution in [0.1, 0.15) is 26.8 Å². The van der Waals surface area contributed by atoms with Crippen molar-refractivity contribution in [3.8, 4) is 22.6 Å². The molecule has 0 saturated carbocycles. The number of amides is 1. The van der Waals surface area contributed by atoms with Crippen LogP contribution < -0.4 is 10.6 Å². The maximum absolute atomic E-state index is 12.6. The Balaban J connectivity index is 1.23. The summed E-state index contributed by atoms with van der Waals surface area (Å²) in [6, 6.07) is 19.1. The maximum atomic E-state index is 12.6. The van der Waals surface area contributed by atoms with Crippen LogP contribution in [0.4, 0.5) is 11.8 Å². The van der Waals surface area contributed by atoms with Gasteiger partial charge in [-0.25, -0.2) is 15.0 Å². The zero-order valence-electron chi connectivity index (χ0n) is 19.6. The molecule has 0 bridgehead atoms. The van der Waals surface area contributed by atoms with Gasteiger partial charge in [-0.15, -0.1) is 0 Å². The first-order valence-electron chi connectivity index (χ1n) is 11.2. The van der Waals surface area contributed by atoms with Crippen molar-refractivity contribution < 1.29 is 4.79 Å². The number of aromatic nitrogens is 6. The Labute approximate surface area is 211 Å². The fourth-order valence-corrected chi connectivity index (χ4v) is 3.90. The minimum absolute atomic E-state index is 0.272. The second kappa shape index (κ2) is 10.4. The lowest BCUT2D eigenvalue weighted by atomic mass is 10.1. The molecule has 0 saturated heterocycles. The van der Waals surface area contributed by atoms with Crippen LogP contribution in [0.25, 0.3) is 22.6 Å². The zero-order valence-corrected chi connectivity index (χ0v) is 20.5. The largest absolute Gasteiger partial charge is 0.347 e. The molecule has 9 nitrogen and oxygen atoms in total. The minimum Gasteiger partial charge on any atom is -0.347 e. The summed E-state index contributed by atoms with van der Waals surface area (Å²) in [4.78, 5) is 34.8. The summed E-state index contributed by atoms with van der Waals surface area (Å²) in [5, 5.41) is 6.85. The van der Waals surface area contributed by atoms with Crippen LogP contribution in [0.15, 0.2) is 73.1 Å². The minimum atomic E-state index is -0.272. The molecule has 0 aliphatic carbocycles. The number of pyridine rings is 2. The van der Waals surface area contributed by atoms with Crippen LogP contribution in [0, 0.1) is 13.8 Å². The van der Waals surface area contributed by atoms with E-state index in [-0.39, 0.29) is 5.91 Å². The summed E-state index contributed by atoms with van der Waals surface area (Å²) in [6.45, 7) is 4.12. The third-order valence-electron chi connectivity index (χ3n) is 5.22. The van der Waals surface area contributed by atoms with Gasteiger partial charge in [-0.05, 0) is 49.1 Å². The molecular weight excluding hydrogens is 472 g/mol. The summed E-state index contributed by atoms with van der Waals surface area (Å²) in [5.74, 6) is 1.31. The van der Waals surface area contributed by atoms with Crippen molar-refractivity contribution in [3.05, 3.63) is 95.0 Å². The summed E-state index contributed by atoms with van der Waals surface area (Å²) < 4.78 is 4.23. The molecule has 10 heteroatoms. The second-order valence-electron chi connectivity index (χ2n) is 8.01. The second-order valence-corrected chi connectivity index (χ2v) is 8.97. The van der Waals surface area contributed by atoms with Crippen molar-refractivity contribution in [3.63, 3.8) is 0 Å². The first-order chi connectivity index (χ1) is 17.5. The van der Waals surface area contributed by atoms with Crippen LogP contribution >= 0.6 is 11.5 Å². The van der Waals surface area contributed by atoms with E-state index < -0.39 is 0 Å². The van der Waals surface area contributed by atoms with E-state index in [0.717, 1.165) is 27.5 Å². The lowest BCUT2D eigenvalue weighted by molar-refractivity contribution is 0.0946. The number of nitrogens with zero attached hydrogens (tertiary/aromatic N) is 6. The van der Waals surface area contributed by atoms with Crippen molar-refractivity contribution in [1.82, 2.24) is 34.6 Å². The molecule has 36 heavy (non-hydrogen) atoms. The molecule has 4 aromatic heterocycles. The molecule has 0 spiro atoms. The molecule has 0 fully saturated rings. The van der Waals surface area contributed by atoms with Gasteiger partial charge >= 0.3 is 0 Å². The van der Waals surface area contributed by atoms with Crippen molar-refractivity contribution in [2.45, 2.75) is 20.4 Å². The Morgan fingerprint density at radius 2 is 1.75 bits per heavy atom. The van der Waals surface area contributed by atoms with E-state index in [1.165, 1.54) is 11.5 Å². The molecular formula is C26H22N8OS. The summed E-state index contributed by atoms with van der Waals surface area (Å²) >= 11 is 1.32. The lowest BCUT2D eigenvalue weighted by Gasteiger charge is -2.08. The Bertz CT molecular complexity index is 1490. The van der Waals surface area contributed by atoms with Gasteiger partial charge in [0, 0.05) is 41.8 Å². The highest BCUT2D eigenvalue weighted by molar-refractivity contribution is 7.05. The van der Waals surface area contributed by atoms with Gasteiger partial charge in [0.15, 0.2) is 5.82 Å². The Morgan fingerprint density at radius 1 is 0.889 bits per heavy atom. The standard InChI is InChI=1S/C26H22N8OS/c1-16-12-23(33-26-31-17(2)36-34-26)32-24(30-16)20-9-11-22(28-15-20)25(35)29-14-18-8-10-21(27-13-18)19-6-4-3-5-7-19/h3-13,15H,14H2,1-2H3,(H,29,35)(H,30,32,33,34). The van der Waals surface area contributed by atoms with Crippen molar-refractivity contribution in [1.29, 1.82) is 0 Å². The zero-order chi connectivity index (χ0) is 24.9. The number of anilines is 2. The smallest absolute Gasteiger partial charge is 0.270 e. The predicted molar refractivity (Wildman–Crippen MR) is 139 cm³/mol. The molecule has 4 heterocycles. The van der Waals surface area contributed by atoms with Crippen LogP contribution in [0.5, 0.6) is 0 Å². The Morgan fingerprint density at radius 3 is 2.44 bits per heavy atom. The number of carbonyl (C=O) groups is 1. The molecule has 5 rings (SSSR count). The SMILES string of the molecule is Cc1cc(Nc2nsc(C)n2)nc(-c2ccc(C(=O)NCc3ccc(-c4ccccc4)nc3)nc2)n1. The summed E-state index contributed by atoms with van der Waals surface area (Å²) in [7, 11) is 0. The van der Waals surface area contributed by atoms with Crippen molar-refractivity contribution in [2.24, 2.45) is 0 Å². The van der Waals surface area contributed by atoms with Crippen LogP contribution in [0.2, 0.25) is 0 Å². The number of benzene rings is 1. The van der Waals surface area contributed by atoms with Gasteiger partial charge in [-0.3, -0.25) is 14.8 Å². The molecule has 1 aromatic carbocycles. The highest BCUT2D eigenvalue weighted by atomic mass is 32.1. The molecule has 2 N–H and O–H groups in total. The van der Waals surface area contributed by atoms with Crippen LogP contribution in [-0.4, -0.2) is 35.2 Å². The van der Waals surface area contributed by atoms with E-state index in [1.54, 1.807) is 24.5 Å². The quantitative estimate of drug-likeness (QED) is 0.333. The highest BCUT2D eigenvalue weighted by Gasteiger charge is 2.11. The van der Waals surface area contributed by atoms with Gasteiger partial charge in [0.1, 0.15) is 16.5 Å². The van der Waals surface area contributed by atoms with E-state index in [9.17, 15) is 4.79 Å². The number of rotatable bonds is 7. The lowest BCUT2D eigenvalue weighted by Crippen LogP contribution is -2.23. The Kier molecular flexibility index (Phi) is 6.67. The van der Waals surface area contributed by atoms with Gasteiger partial charge in [0.25, 0.3) is 5.91 Å². The van der Waals surface area contributed by atoms with E-state index in [0.29, 0.717) is 35.4 Å². The van der Waals surface area contributed by atoms with Gasteiger partial charge in [0.05, 0.1) is 5.69 Å². The fraction of sp³-hybridized carbons (Fsp3) is 0.115. The number of carbonyl (C=O) groups excluding carboxylic acids is 1. The van der Waals surface area contributed by atoms with Gasteiger partial charge in [-0.1, -0.05) is 36.4 Å². The molecule has 0 aliphatic rings. The number of hydrogen-bond acceptors (Lipinski definition) is 9. The van der Waals surface area contributed by atoms with Crippen molar-refractivity contribution >= 4 is 29.2 Å².